The maximum absolute atomic E-state index is 12.9. The Hall–Kier alpha value is -3.59. The van der Waals surface area contributed by atoms with Gasteiger partial charge in [0.25, 0.3) is 15.9 Å². The molecule has 1 unspecified atom stereocenters. The Labute approximate surface area is 191 Å². The molecule has 4 rings (SSSR count). The van der Waals surface area contributed by atoms with Crippen molar-refractivity contribution in [1.29, 1.82) is 0 Å². The average Bonchev–Trinajstić information content (AvgIpc) is 3.21. The monoisotopic (exact) mass is 468 g/mol. The number of nitrogens with zero attached hydrogens (tertiary/aromatic N) is 1. The minimum atomic E-state index is -3.72. The Kier molecular flexibility index (Phi) is 6.24. The number of benzene rings is 2. The molecule has 1 atom stereocenters. The van der Waals surface area contributed by atoms with Crippen molar-refractivity contribution in [3.63, 3.8) is 0 Å². The van der Waals surface area contributed by atoms with Gasteiger partial charge in [-0.2, -0.15) is 0 Å². The predicted octanol–water partition coefficient (Wildman–Crippen LogP) is 3.35. The first-order chi connectivity index (χ1) is 15.7. The van der Waals surface area contributed by atoms with Gasteiger partial charge in [0.2, 0.25) is 0 Å². The van der Waals surface area contributed by atoms with Crippen molar-refractivity contribution in [2.45, 2.75) is 31.3 Å². The summed E-state index contributed by atoms with van der Waals surface area (Å²) in [5, 5.41) is 0. The molecular weight excluding hydrogens is 444 g/mol. The topological polar surface area (TPSA) is 106 Å². The normalized spacial score (nSPS) is 15.9. The van der Waals surface area contributed by atoms with Crippen molar-refractivity contribution in [3.05, 3.63) is 88.0 Å². The lowest BCUT2D eigenvalue weighted by molar-refractivity contribution is 0.0772. The van der Waals surface area contributed by atoms with E-state index in [9.17, 15) is 18.0 Å². The van der Waals surface area contributed by atoms with Gasteiger partial charge in [-0.05, 0) is 55.8 Å². The fourth-order valence-electron chi connectivity index (χ4n) is 3.71. The van der Waals surface area contributed by atoms with Crippen LogP contribution in [0.5, 0.6) is 5.75 Å². The molecule has 9 heteroatoms. The highest BCUT2D eigenvalue weighted by Crippen LogP contribution is 2.22. The SMILES string of the molecule is Cc1cccc(S(=O)(=O)Nc2ccc(C(=O)N3CCC(Oc4cc(C)oc(=O)c4)C3)cc2)c1. The zero-order chi connectivity index (χ0) is 23.6. The van der Waals surface area contributed by atoms with Gasteiger partial charge >= 0.3 is 5.63 Å². The van der Waals surface area contributed by atoms with E-state index in [4.69, 9.17) is 9.15 Å². The standard InChI is InChI=1S/C24H24N2O6S/c1-16-4-3-5-22(12-16)33(29,30)25-19-8-6-18(7-9-19)24(28)26-11-10-20(15-26)32-21-13-17(2)31-23(27)14-21/h3-9,12-14,20,25H,10-11,15H2,1-2H3. The maximum Gasteiger partial charge on any atom is 0.339 e. The number of ether oxygens (including phenoxy) is 1. The Balaban J connectivity index is 1.39. The van der Waals surface area contributed by atoms with Gasteiger partial charge in [-0.1, -0.05) is 12.1 Å². The van der Waals surface area contributed by atoms with E-state index in [1.807, 2.05) is 13.0 Å². The summed E-state index contributed by atoms with van der Waals surface area (Å²) in [4.78, 5) is 26.2. The number of amides is 1. The van der Waals surface area contributed by atoms with Crippen LogP contribution in [0.15, 0.2) is 74.8 Å². The van der Waals surface area contributed by atoms with Gasteiger partial charge in [0.05, 0.1) is 17.5 Å². The van der Waals surface area contributed by atoms with Crippen molar-refractivity contribution in [3.8, 4) is 5.75 Å². The molecule has 2 aromatic carbocycles. The number of anilines is 1. The second-order valence-corrected chi connectivity index (χ2v) is 9.68. The first-order valence-corrected chi connectivity index (χ1v) is 12.0. The lowest BCUT2D eigenvalue weighted by atomic mass is 10.2. The number of hydrogen-bond donors (Lipinski definition) is 1. The number of carbonyl (C=O) groups excluding carboxylic acids is 1. The van der Waals surface area contributed by atoms with Crippen molar-refractivity contribution in [2.75, 3.05) is 17.8 Å². The van der Waals surface area contributed by atoms with E-state index >= 15 is 0 Å². The second-order valence-electron chi connectivity index (χ2n) is 8.00. The summed E-state index contributed by atoms with van der Waals surface area (Å²) >= 11 is 0. The highest BCUT2D eigenvalue weighted by atomic mass is 32.2. The van der Waals surface area contributed by atoms with Crippen LogP contribution in [0.4, 0.5) is 5.69 Å². The van der Waals surface area contributed by atoms with Crippen molar-refractivity contribution in [1.82, 2.24) is 4.90 Å². The molecule has 33 heavy (non-hydrogen) atoms. The zero-order valence-electron chi connectivity index (χ0n) is 18.3. The number of nitrogens with one attached hydrogen (secondary N) is 1. The first kappa shape index (κ1) is 22.6. The van der Waals surface area contributed by atoms with Crippen LogP contribution in [0.3, 0.4) is 0 Å². The van der Waals surface area contributed by atoms with Gasteiger partial charge in [-0.15, -0.1) is 0 Å². The van der Waals surface area contributed by atoms with E-state index in [-0.39, 0.29) is 16.9 Å². The molecule has 0 spiro atoms. The summed E-state index contributed by atoms with van der Waals surface area (Å²) < 4.78 is 38.5. The van der Waals surface area contributed by atoms with Crippen LogP contribution in [0.1, 0.15) is 28.1 Å². The molecule has 172 valence electrons. The van der Waals surface area contributed by atoms with E-state index in [0.29, 0.717) is 42.3 Å². The molecule has 0 bridgehead atoms. The third kappa shape index (κ3) is 5.43. The fourth-order valence-corrected chi connectivity index (χ4v) is 4.87. The van der Waals surface area contributed by atoms with Crippen LogP contribution < -0.4 is 15.1 Å². The van der Waals surface area contributed by atoms with Gasteiger partial charge in [0, 0.05) is 30.3 Å². The Morgan fingerprint density at radius 3 is 2.55 bits per heavy atom. The molecule has 0 saturated carbocycles. The Morgan fingerprint density at radius 2 is 1.85 bits per heavy atom. The molecule has 1 amide bonds. The third-order valence-corrected chi connectivity index (χ3v) is 6.67. The van der Waals surface area contributed by atoms with Gasteiger partial charge in [0.1, 0.15) is 17.6 Å². The van der Waals surface area contributed by atoms with E-state index in [1.54, 1.807) is 54.3 Å². The number of likely N-dealkylation sites (tertiary alicyclic amines) is 1. The van der Waals surface area contributed by atoms with E-state index < -0.39 is 15.6 Å². The largest absolute Gasteiger partial charge is 0.488 e. The number of rotatable bonds is 6. The number of carbonyl (C=O) groups is 1. The molecule has 1 aliphatic rings. The number of aryl methyl sites for hydroxylation is 2. The molecule has 1 saturated heterocycles. The Morgan fingerprint density at radius 1 is 1.09 bits per heavy atom. The lowest BCUT2D eigenvalue weighted by Gasteiger charge is -2.17. The van der Waals surface area contributed by atoms with Crippen LogP contribution in [-0.2, 0) is 10.0 Å². The third-order valence-electron chi connectivity index (χ3n) is 5.29. The van der Waals surface area contributed by atoms with Crippen LogP contribution in [0.25, 0.3) is 0 Å². The summed E-state index contributed by atoms with van der Waals surface area (Å²) in [6, 6.07) is 15.9. The minimum Gasteiger partial charge on any atom is -0.488 e. The molecule has 3 aromatic rings. The summed E-state index contributed by atoms with van der Waals surface area (Å²) in [7, 11) is -3.72. The van der Waals surface area contributed by atoms with Gasteiger partial charge in [-0.25, -0.2) is 13.2 Å². The van der Waals surface area contributed by atoms with E-state index in [0.717, 1.165) is 5.56 Å². The number of sulfonamides is 1. The van der Waals surface area contributed by atoms with Gasteiger partial charge in [0.15, 0.2) is 0 Å². The minimum absolute atomic E-state index is 0.169. The molecular formula is C24H24N2O6S. The van der Waals surface area contributed by atoms with E-state index in [1.165, 1.54) is 12.1 Å². The average molecular weight is 469 g/mol. The molecule has 1 aromatic heterocycles. The molecule has 1 aliphatic heterocycles. The lowest BCUT2D eigenvalue weighted by Crippen LogP contribution is -2.31. The molecule has 1 fully saturated rings. The second kappa shape index (κ2) is 9.11. The van der Waals surface area contributed by atoms with Crippen LogP contribution in [-0.4, -0.2) is 38.4 Å². The molecule has 2 heterocycles. The zero-order valence-corrected chi connectivity index (χ0v) is 19.1. The first-order valence-electron chi connectivity index (χ1n) is 10.5. The van der Waals surface area contributed by atoms with Crippen LogP contribution in [0.2, 0.25) is 0 Å². The van der Waals surface area contributed by atoms with Gasteiger partial charge < -0.3 is 14.1 Å². The Bertz CT molecular complexity index is 1330. The summed E-state index contributed by atoms with van der Waals surface area (Å²) in [5.74, 6) is 0.716. The summed E-state index contributed by atoms with van der Waals surface area (Å²) in [6.45, 7) is 4.40. The fraction of sp³-hybridized carbons (Fsp3) is 0.250. The van der Waals surface area contributed by atoms with E-state index in [2.05, 4.69) is 4.72 Å². The predicted molar refractivity (Wildman–Crippen MR) is 123 cm³/mol. The number of hydrogen-bond acceptors (Lipinski definition) is 6. The van der Waals surface area contributed by atoms with Crippen LogP contribution >= 0.6 is 0 Å². The molecule has 0 radical (unpaired) electrons. The van der Waals surface area contributed by atoms with Crippen LogP contribution in [0, 0.1) is 13.8 Å². The highest BCUT2D eigenvalue weighted by Gasteiger charge is 2.28. The van der Waals surface area contributed by atoms with Crippen molar-refractivity contribution >= 4 is 21.6 Å². The molecule has 8 nitrogen and oxygen atoms in total. The van der Waals surface area contributed by atoms with Crippen molar-refractivity contribution in [2.24, 2.45) is 0 Å². The highest BCUT2D eigenvalue weighted by molar-refractivity contribution is 7.92. The molecule has 1 N–H and O–H groups in total. The summed E-state index contributed by atoms with van der Waals surface area (Å²) in [5.41, 5.74) is 1.19. The molecule has 0 aliphatic carbocycles. The quantitative estimate of drug-likeness (QED) is 0.595. The summed E-state index contributed by atoms with van der Waals surface area (Å²) in [6.07, 6.45) is 0.412. The van der Waals surface area contributed by atoms with Gasteiger partial charge in [-0.3, -0.25) is 9.52 Å². The van der Waals surface area contributed by atoms with Crippen molar-refractivity contribution < 1.29 is 22.4 Å². The smallest absolute Gasteiger partial charge is 0.339 e. The maximum atomic E-state index is 12.9.